The monoisotopic (exact) mass is 610 g/mol. The van der Waals surface area contributed by atoms with Gasteiger partial charge in [-0.05, 0) is 48.0 Å². The van der Waals surface area contributed by atoms with Crippen LogP contribution >= 0.6 is 11.3 Å². The number of nitro benzene ring substituents is 1. The summed E-state index contributed by atoms with van der Waals surface area (Å²) in [7, 11) is 0. The van der Waals surface area contributed by atoms with Gasteiger partial charge >= 0.3 is 11.1 Å². The standard InChI is InChI=1S/C28H27FN6O7S/c29-24-15-21(6-8-25(24)32-13-11-31(12-14-32)18-23-7-10-27(43-23)35(40)41)33-17-22(42-28(33)37)16-30-26(36)9-3-19-1-4-20(5-2-19)34(38)39/h1-10,15,22H,11-14,16-18H2,(H,30,36)/b9-3+. The Morgan fingerprint density at radius 2 is 1.79 bits per heavy atom. The zero-order valence-corrected chi connectivity index (χ0v) is 23.6. The van der Waals surface area contributed by atoms with Crippen molar-refractivity contribution in [2.45, 2.75) is 12.6 Å². The SMILES string of the molecule is O=C(/C=C/c1ccc([N+](=O)[O-])cc1)NCC1CN(c2ccc(N3CCN(Cc4ccc([N+](=O)[O-])s4)CC3)c(F)c2)C(=O)O1. The summed E-state index contributed by atoms with van der Waals surface area (Å²) in [6, 6.07) is 13.6. The molecule has 13 nitrogen and oxygen atoms in total. The number of hydrogen-bond acceptors (Lipinski definition) is 10. The third-order valence-corrected chi connectivity index (χ3v) is 8.09. The number of ether oxygens (including phenoxy) is 1. The van der Waals surface area contributed by atoms with Crippen LogP contribution in [0.3, 0.4) is 0 Å². The highest BCUT2D eigenvalue weighted by Crippen LogP contribution is 2.30. The molecule has 2 aliphatic rings. The molecule has 2 amide bonds. The van der Waals surface area contributed by atoms with Gasteiger partial charge < -0.3 is 15.0 Å². The fourth-order valence-electron chi connectivity index (χ4n) is 4.83. The lowest BCUT2D eigenvalue weighted by atomic mass is 10.2. The van der Waals surface area contributed by atoms with Crippen LogP contribution in [0, 0.1) is 26.0 Å². The maximum absolute atomic E-state index is 15.2. The first-order valence-electron chi connectivity index (χ1n) is 13.3. The van der Waals surface area contributed by atoms with Gasteiger partial charge in [0.2, 0.25) is 5.91 Å². The third-order valence-electron chi connectivity index (χ3n) is 7.07. The van der Waals surface area contributed by atoms with Gasteiger partial charge in [0.15, 0.2) is 0 Å². The number of hydrogen-bond donors (Lipinski definition) is 1. The molecule has 0 aliphatic carbocycles. The Bertz CT molecular complexity index is 1560. The Labute approximate surface area is 249 Å². The number of thiophene rings is 1. The molecule has 1 atom stereocenters. The van der Waals surface area contributed by atoms with Crippen LogP contribution in [0.1, 0.15) is 10.4 Å². The highest BCUT2D eigenvalue weighted by atomic mass is 32.1. The Morgan fingerprint density at radius 3 is 2.44 bits per heavy atom. The zero-order chi connectivity index (χ0) is 30.5. The molecule has 0 radical (unpaired) electrons. The molecule has 0 saturated carbocycles. The van der Waals surface area contributed by atoms with Crippen molar-refractivity contribution in [2.75, 3.05) is 49.1 Å². The highest BCUT2D eigenvalue weighted by molar-refractivity contribution is 7.15. The smallest absolute Gasteiger partial charge is 0.414 e. The average molecular weight is 611 g/mol. The summed E-state index contributed by atoms with van der Waals surface area (Å²) in [5, 5.41) is 24.4. The number of carbonyl (C=O) groups excluding carboxylic acids is 2. The molecule has 224 valence electrons. The Hall–Kier alpha value is -4.89. The minimum atomic E-state index is -0.643. The lowest BCUT2D eigenvalue weighted by molar-refractivity contribution is -0.384. The first-order valence-corrected chi connectivity index (χ1v) is 14.2. The number of nitrogens with zero attached hydrogens (tertiary/aromatic N) is 5. The number of halogens is 1. The summed E-state index contributed by atoms with van der Waals surface area (Å²) in [5.74, 6) is -0.902. The molecule has 2 aliphatic heterocycles. The van der Waals surface area contributed by atoms with Crippen molar-refractivity contribution in [1.82, 2.24) is 10.2 Å². The molecule has 1 unspecified atom stereocenters. The molecule has 3 aromatic rings. The van der Waals surface area contributed by atoms with Gasteiger partial charge in [-0.25, -0.2) is 9.18 Å². The van der Waals surface area contributed by atoms with Gasteiger partial charge in [-0.3, -0.25) is 34.8 Å². The summed E-state index contributed by atoms with van der Waals surface area (Å²) in [4.78, 5) is 51.8. The second-order valence-electron chi connectivity index (χ2n) is 9.94. The lowest BCUT2D eigenvalue weighted by Crippen LogP contribution is -2.46. The Morgan fingerprint density at radius 1 is 1.05 bits per heavy atom. The Balaban J connectivity index is 1.10. The van der Waals surface area contributed by atoms with Crippen LogP contribution in [-0.2, 0) is 16.1 Å². The predicted octanol–water partition coefficient (Wildman–Crippen LogP) is 4.18. The van der Waals surface area contributed by atoms with Crippen LogP contribution < -0.4 is 15.1 Å². The van der Waals surface area contributed by atoms with E-state index in [2.05, 4.69) is 10.2 Å². The minimum absolute atomic E-state index is 0.0509. The largest absolute Gasteiger partial charge is 0.442 e. The summed E-state index contributed by atoms with van der Waals surface area (Å²) < 4.78 is 20.5. The van der Waals surface area contributed by atoms with Gasteiger partial charge in [-0.15, -0.1) is 0 Å². The first kappa shape index (κ1) is 29.6. The van der Waals surface area contributed by atoms with Crippen LogP contribution in [0.15, 0.2) is 60.7 Å². The summed E-state index contributed by atoms with van der Waals surface area (Å²) in [6.07, 6.45) is 1.51. The molecule has 2 fully saturated rings. The molecule has 1 aromatic heterocycles. The van der Waals surface area contributed by atoms with Crippen molar-refractivity contribution >= 4 is 51.5 Å². The van der Waals surface area contributed by atoms with E-state index in [1.165, 1.54) is 53.5 Å². The average Bonchev–Trinajstić information content (AvgIpc) is 3.62. The zero-order valence-electron chi connectivity index (χ0n) is 22.8. The molecule has 2 aromatic carbocycles. The number of anilines is 2. The quantitative estimate of drug-likeness (QED) is 0.202. The molecular weight excluding hydrogens is 583 g/mol. The van der Waals surface area contributed by atoms with E-state index >= 15 is 4.39 Å². The maximum atomic E-state index is 15.2. The van der Waals surface area contributed by atoms with Crippen molar-refractivity contribution in [1.29, 1.82) is 0 Å². The van der Waals surface area contributed by atoms with Gasteiger partial charge in [-0.1, -0.05) is 11.3 Å². The maximum Gasteiger partial charge on any atom is 0.414 e. The normalized spacial score (nSPS) is 17.3. The number of non-ortho nitro benzene ring substituents is 1. The number of piperazine rings is 1. The van der Waals surface area contributed by atoms with Crippen LogP contribution in [0.4, 0.5) is 31.2 Å². The summed E-state index contributed by atoms with van der Waals surface area (Å²) in [5.41, 5.74) is 1.32. The van der Waals surface area contributed by atoms with Gasteiger partial charge in [0.05, 0.1) is 34.3 Å². The van der Waals surface area contributed by atoms with Gasteiger partial charge in [0.1, 0.15) is 11.9 Å². The van der Waals surface area contributed by atoms with E-state index in [1.807, 2.05) is 4.90 Å². The van der Waals surface area contributed by atoms with Gasteiger partial charge in [0, 0.05) is 61.9 Å². The van der Waals surface area contributed by atoms with Crippen molar-refractivity contribution in [3.63, 3.8) is 0 Å². The molecule has 0 spiro atoms. The van der Waals surface area contributed by atoms with Crippen molar-refractivity contribution in [3.05, 3.63) is 97.2 Å². The van der Waals surface area contributed by atoms with E-state index in [0.29, 0.717) is 49.7 Å². The van der Waals surface area contributed by atoms with Gasteiger partial charge in [0.25, 0.3) is 5.69 Å². The molecule has 2 saturated heterocycles. The van der Waals surface area contributed by atoms with Crippen LogP contribution in [0.5, 0.6) is 0 Å². The van der Waals surface area contributed by atoms with Crippen molar-refractivity contribution in [3.8, 4) is 0 Å². The topological polar surface area (TPSA) is 151 Å². The van der Waals surface area contributed by atoms with E-state index < -0.39 is 33.8 Å². The van der Waals surface area contributed by atoms with Crippen molar-refractivity contribution in [2.24, 2.45) is 0 Å². The van der Waals surface area contributed by atoms with E-state index in [0.717, 1.165) is 16.2 Å². The molecule has 5 rings (SSSR count). The van der Waals surface area contributed by atoms with E-state index in [4.69, 9.17) is 4.74 Å². The number of nitrogens with one attached hydrogen (secondary N) is 1. The number of amides is 2. The lowest BCUT2D eigenvalue weighted by Gasteiger charge is -2.36. The fraction of sp³-hybridized carbons (Fsp3) is 0.286. The Kier molecular flexibility index (Phi) is 8.92. The number of carbonyl (C=O) groups is 2. The fourth-order valence-corrected chi connectivity index (χ4v) is 5.69. The van der Waals surface area contributed by atoms with E-state index in [-0.39, 0.29) is 23.8 Å². The van der Waals surface area contributed by atoms with Crippen LogP contribution in [0.25, 0.3) is 6.08 Å². The second-order valence-corrected chi connectivity index (χ2v) is 11.1. The molecule has 15 heteroatoms. The predicted molar refractivity (Wildman–Crippen MR) is 158 cm³/mol. The van der Waals surface area contributed by atoms with E-state index in [1.54, 1.807) is 18.2 Å². The van der Waals surface area contributed by atoms with Crippen LogP contribution in [-0.4, -0.2) is 72.1 Å². The molecule has 3 heterocycles. The highest BCUT2D eigenvalue weighted by Gasteiger charge is 2.33. The second kappa shape index (κ2) is 13.0. The molecular formula is C28H27FN6O7S. The number of cyclic esters (lactones) is 1. The van der Waals surface area contributed by atoms with Crippen molar-refractivity contribution < 1.29 is 28.6 Å². The molecule has 0 bridgehead atoms. The molecule has 1 N–H and O–H groups in total. The minimum Gasteiger partial charge on any atom is -0.442 e. The number of benzene rings is 2. The van der Waals surface area contributed by atoms with Crippen LogP contribution in [0.2, 0.25) is 0 Å². The number of rotatable bonds is 10. The summed E-state index contributed by atoms with van der Waals surface area (Å²) in [6.45, 7) is 3.27. The molecule has 43 heavy (non-hydrogen) atoms. The van der Waals surface area contributed by atoms with Gasteiger partial charge in [-0.2, -0.15) is 0 Å². The summed E-state index contributed by atoms with van der Waals surface area (Å²) >= 11 is 1.16. The third kappa shape index (κ3) is 7.31. The van der Waals surface area contributed by atoms with E-state index in [9.17, 15) is 29.8 Å². The number of nitro groups is 2. The first-order chi connectivity index (χ1) is 20.7.